The molecule has 0 saturated heterocycles. The largest absolute Gasteiger partial charge is 0.353 e. The lowest BCUT2D eigenvalue weighted by atomic mass is 10.2. The molecule has 0 aromatic rings. The second-order valence-electron chi connectivity index (χ2n) is 2.89. The first-order valence-electron chi connectivity index (χ1n) is 4.37. The predicted octanol–water partition coefficient (Wildman–Crippen LogP) is 2.58. The van der Waals surface area contributed by atoms with Gasteiger partial charge in [0.25, 0.3) is 0 Å². The summed E-state index contributed by atoms with van der Waals surface area (Å²) in [6.45, 7) is 6.99. The first-order valence-corrected chi connectivity index (χ1v) is 4.37. The van der Waals surface area contributed by atoms with Crippen LogP contribution in [0.5, 0.6) is 0 Å². The molecule has 0 aliphatic rings. The summed E-state index contributed by atoms with van der Waals surface area (Å²) in [5, 5.41) is 0. The molecule has 1 unspecified atom stereocenters. The zero-order valence-corrected chi connectivity index (χ0v) is 8.14. The van der Waals surface area contributed by atoms with Crippen molar-refractivity contribution in [3.63, 3.8) is 0 Å². The molecule has 0 fully saturated rings. The highest BCUT2D eigenvalue weighted by Crippen LogP contribution is 2.15. The van der Waals surface area contributed by atoms with Gasteiger partial charge in [-0.05, 0) is 19.8 Å². The van der Waals surface area contributed by atoms with Crippen LogP contribution in [0.4, 0.5) is 0 Å². The van der Waals surface area contributed by atoms with E-state index in [1.54, 1.807) is 7.11 Å². The van der Waals surface area contributed by atoms with Gasteiger partial charge < -0.3 is 9.47 Å². The van der Waals surface area contributed by atoms with Gasteiger partial charge in [0.05, 0.1) is 0 Å². The minimum Gasteiger partial charge on any atom is -0.353 e. The fraction of sp³-hybridized carbons (Fsp3) is 1.00. The average Bonchev–Trinajstić information content (AvgIpc) is 2.05. The third-order valence-electron chi connectivity index (χ3n) is 1.98. The lowest BCUT2D eigenvalue weighted by Gasteiger charge is -2.26. The highest BCUT2D eigenvalue weighted by atomic mass is 16.7. The quantitative estimate of drug-likeness (QED) is 0.439. The summed E-state index contributed by atoms with van der Waals surface area (Å²) in [6.07, 6.45) is 3.18. The van der Waals surface area contributed by atoms with E-state index in [-0.39, 0.29) is 5.79 Å². The smallest absolute Gasteiger partial charge is 0.164 e. The Morgan fingerprint density at radius 2 is 1.91 bits per heavy atom. The lowest BCUT2D eigenvalue weighted by Crippen LogP contribution is -2.30. The third-order valence-corrected chi connectivity index (χ3v) is 1.98. The van der Waals surface area contributed by atoms with Crippen molar-refractivity contribution < 1.29 is 9.47 Å². The number of hydrogen-bond donors (Lipinski definition) is 0. The number of rotatable bonds is 6. The Bertz CT molecular complexity index is 87.6. The van der Waals surface area contributed by atoms with Crippen LogP contribution >= 0.6 is 0 Å². The summed E-state index contributed by atoms with van der Waals surface area (Å²) in [5.41, 5.74) is 0. The minimum atomic E-state index is -0.366. The molecule has 0 aromatic heterocycles. The Morgan fingerprint density at radius 1 is 1.27 bits per heavy atom. The summed E-state index contributed by atoms with van der Waals surface area (Å²) in [7, 11) is 1.69. The van der Waals surface area contributed by atoms with Crippen LogP contribution in [0.3, 0.4) is 0 Å². The Morgan fingerprint density at radius 3 is 2.27 bits per heavy atom. The van der Waals surface area contributed by atoms with Crippen molar-refractivity contribution in [2.45, 2.75) is 45.8 Å². The molecule has 2 nitrogen and oxygen atoms in total. The maximum Gasteiger partial charge on any atom is 0.164 e. The fourth-order valence-electron chi connectivity index (χ4n) is 0.738. The second-order valence-corrected chi connectivity index (χ2v) is 2.89. The van der Waals surface area contributed by atoms with Crippen molar-refractivity contribution in [3.05, 3.63) is 0 Å². The molecule has 0 rings (SSSR count). The Balaban J connectivity index is 3.51. The normalized spacial score (nSPS) is 16.4. The van der Waals surface area contributed by atoms with Crippen LogP contribution in [0.25, 0.3) is 0 Å². The van der Waals surface area contributed by atoms with E-state index in [4.69, 9.17) is 9.47 Å². The van der Waals surface area contributed by atoms with Gasteiger partial charge in [0.15, 0.2) is 5.79 Å². The van der Waals surface area contributed by atoms with Gasteiger partial charge in [0.2, 0.25) is 0 Å². The Kier molecular flexibility index (Phi) is 5.51. The maximum atomic E-state index is 5.55. The van der Waals surface area contributed by atoms with Gasteiger partial charge in [-0.2, -0.15) is 0 Å². The summed E-state index contributed by atoms with van der Waals surface area (Å²) >= 11 is 0. The molecule has 0 saturated carbocycles. The summed E-state index contributed by atoms with van der Waals surface area (Å²) < 4.78 is 10.8. The molecule has 0 aliphatic carbocycles. The van der Waals surface area contributed by atoms with E-state index in [1.807, 2.05) is 6.92 Å². The van der Waals surface area contributed by atoms with E-state index in [0.717, 1.165) is 19.4 Å². The first-order chi connectivity index (χ1) is 5.18. The molecule has 0 heterocycles. The standard InChI is InChI=1S/C9H20O2/c1-5-7-8-11-9(3,6-2)10-4/h5-8H2,1-4H3. The van der Waals surface area contributed by atoms with Gasteiger partial charge in [0.1, 0.15) is 0 Å². The number of ether oxygens (including phenoxy) is 2. The highest BCUT2D eigenvalue weighted by molar-refractivity contribution is 4.58. The van der Waals surface area contributed by atoms with Crippen LogP contribution in [0.15, 0.2) is 0 Å². The minimum absolute atomic E-state index is 0.366. The predicted molar refractivity (Wildman–Crippen MR) is 46.6 cm³/mol. The molecule has 0 aliphatic heterocycles. The second kappa shape index (κ2) is 5.56. The SMILES string of the molecule is CCCCOC(C)(CC)OC. The van der Waals surface area contributed by atoms with Gasteiger partial charge in [0, 0.05) is 13.7 Å². The van der Waals surface area contributed by atoms with Gasteiger partial charge in [-0.25, -0.2) is 0 Å². The van der Waals surface area contributed by atoms with Gasteiger partial charge >= 0.3 is 0 Å². The van der Waals surface area contributed by atoms with Crippen molar-refractivity contribution in [2.24, 2.45) is 0 Å². The zero-order valence-electron chi connectivity index (χ0n) is 8.14. The first kappa shape index (κ1) is 10.9. The number of unbranched alkanes of at least 4 members (excludes halogenated alkanes) is 1. The molecule has 68 valence electrons. The Hall–Kier alpha value is -0.0800. The van der Waals surface area contributed by atoms with Crippen molar-refractivity contribution in [3.8, 4) is 0 Å². The van der Waals surface area contributed by atoms with Crippen molar-refractivity contribution in [1.82, 2.24) is 0 Å². The molecule has 0 N–H and O–H groups in total. The van der Waals surface area contributed by atoms with Crippen LogP contribution in [0.1, 0.15) is 40.0 Å². The third kappa shape index (κ3) is 4.38. The average molecular weight is 160 g/mol. The number of methoxy groups -OCH3 is 1. The Labute approximate surface area is 69.9 Å². The molecule has 1 atom stereocenters. The van der Waals surface area contributed by atoms with Gasteiger partial charge in [-0.15, -0.1) is 0 Å². The highest BCUT2D eigenvalue weighted by Gasteiger charge is 2.20. The van der Waals surface area contributed by atoms with Crippen molar-refractivity contribution in [2.75, 3.05) is 13.7 Å². The molecule has 11 heavy (non-hydrogen) atoms. The summed E-state index contributed by atoms with van der Waals surface area (Å²) in [6, 6.07) is 0. The van der Waals surface area contributed by atoms with Gasteiger partial charge in [-0.1, -0.05) is 20.3 Å². The maximum absolute atomic E-state index is 5.55. The zero-order chi connectivity index (χ0) is 8.74. The van der Waals surface area contributed by atoms with Crippen LogP contribution in [0.2, 0.25) is 0 Å². The van der Waals surface area contributed by atoms with E-state index in [2.05, 4.69) is 13.8 Å². The number of hydrogen-bond acceptors (Lipinski definition) is 2. The van der Waals surface area contributed by atoms with Crippen LogP contribution in [0, 0.1) is 0 Å². The lowest BCUT2D eigenvalue weighted by molar-refractivity contribution is -0.211. The monoisotopic (exact) mass is 160 g/mol. The van der Waals surface area contributed by atoms with E-state index >= 15 is 0 Å². The summed E-state index contributed by atoms with van der Waals surface area (Å²) in [5.74, 6) is -0.366. The van der Waals surface area contributed by atoms with Crippen molar-refractivity contribution in [1.29, 1.82) is 0 Å². The molecule has 0 spiro atoms. The van der Waals surface area contributed by atoms with Crippen LogP contribution < -0.4 is 0 Å². The van der Waals surface area contributed by atoms with E-state index in [9.17, 15) is 0 Å². The van der Waals surface area contributed by atoms with Crippen LogP contribution in [-0.4, -0.2) is 19.5 Å². The van der Waals surface area contributed by atoms with Gasteiger partial charge in [-0.3, -0.25) is 0 Å². The fourth-order valence-corrected chi connectivity index (χ4v) is 0.738. The van der Waals surface area contributed by atoms with E-state index in [0.29, 0.717) is 0 Å². The summed E-state index contributed by atoms with van der Waals surface area (Å²) in [4.78, 5) is 0. The van der Waals surface area contributed by atoms with Crippen LogP contribution in [-0.2, 0) is 9.47 Å². The molecular formula is C9H20O2. The molecule has 0 bridgehead atoms. The topological polar surface area (TPSA) is 18.5 Å². The molecule has 0 amide bonds. The van der Waals surface area contributed by atoms with E-state index < -0.39 is 0 Å². The van der Waals surface area contributed by atoms with Crippen molar-refractivity contribution >= 4 is 0 Å². The molecule has 0 radical (unpaired) electrons. The molecule has 0 aromatic carbocycles. The molecule has 2 heteroatoms. The molecular weight excluding hydrogens is 140 g/mol. The van der Waals surface area contributed by atoms with E-state index in [1.165, 1.54) is 6.42 Å².